The minimum Gasteiger partial charge on any atom is -0.394 e. The molecule has 1 aliphatic heterocycles. The van der Waals surface area contributed by atoms with Crippen molar-refractivity contribution in [3.8, 4) is 0 Å². The van der Waals surface area contributed by atoms with Gasteiger partial charge in [-0.2, -0.15) is 0 Å². The molecule has 0 aromatic heterocycles. The maximum atomic E-state index is 8.79. The molecule has 1 saturated heterocycles. The predicted octanol–water partition coefficient (Wildman–Crippen LogP) is -0.0785. The molecule has 2 rings (SSSR count). The summed E-state index contributed by atoms with van der Waals surface area (Å²) in [6.07, 6.45) is 2.36. The highest BCUT2D eigenvalue weighted by Gasteiger charge is 2.47. The Labute approximate surface area is 72.5 Å². The number of hydrogen-bond acceptors (Lipinski definition) is 3. The van der Waals surface area contributed by atoms with Crippen molar-refractivity contribution in [2.75, 3.05) is 19.7 Å². The van der Waals surface area contributed by atoms with Crippen LogP contribution in [0.4, 0.5) is 0 Å². The molecule has 2 N–H and O–H groups in total. The summed E-state index contributed by atoms with van der Waals surface area (Å²) < 4.78 is 5.62. The Bertz CT molecular complexity index is 138. The van der Waals surface area contributed by atoms with Crippen molar-refractivity contribution in [3.05, 3.63) is 0 Å². The third kappa shape index (κ3) is 1.85. The van der Waals surface area contributed by atoms with Crippen LogP contribution in [0.1, 0.15) is 12.8 Å². The summed E-state index contributed by atoms with van der Waals surface area (Å²) in [6, 6.07) is 0. The van der Waals surface area contributed by atoms with Crippen LogP contribution in [0.3, 0.4) is 0 Å². The topological polar surface area (TPSA) is 41.5 Å². The monoisotopic (exact) mass is 179 g/mol. The minimum atomic E-state index is 0. The average molecular weight is 180 g/mol. The van der Waals surface area contributed by atoms with Gasteiger partial charge in [-0.25, -0.2) is 0 Å². The van der Waals surface area contributed by atoms with Gasteiger partial charge >= 0.3 is 0 Å². The van der Waals surface area contributed by atoms with Gasteiger partial charge in [-0.15, -0.1) is 12.4 Å². The lowest BCUT2D eigenvalue weighted by Crippen LogP contribution is -2.47. The standard InChI is InChI=1S/C7H13NO2.ClH/c9-4-6-3-8-5-7(10-6)1-2-7;/h6,8-9H,1-5H2;1H. The van der Waals surface area contributed by atoms with Crippen molar-refractivity contribution in [2.24, 2.45) is 0 Å². The van der Waals surface area contributed by atoms with Gasteiger partial charge in [0.2, 0.25) is 0 Å². The van der Waals surface area contributed by atoms with Crippen LogP contribution < -0.4 is 5.32 Å². The normalized spacial score (nSPS) is 33.0. The van der Waals surface area contributed by atoms with Gasteiger partial charge in [0.15, 0.2) is 0 Å². The zero-order valence-corrected chi connectivity index (χ0v) is 7.19. The highest BCUT2D eigenvalue weighted by molar-refractivity contribution is 5.85. The Kier molecular flexibility index (Phi) is 2.75. The first-order chi connectivity index (χ1) is 4.85. The van der Waals surface area contributed by atoms with E-state index in [2.05, 4.69) is 5.32 Å². The Balaban J connectivity index is 0.000000605. The third-order valence-corrected chi connectivity index (χ3v) is 2.25. The van der Waals surface area contributed by atoms with E-state index >= 15 is 0 Å². The molecule has 1 heterocycles. The van der Waals surface area contributed by atoms with E-state index in [9.17, 15) is 0 Å². The molecule has 1 saturated carbocycles. The van der Waals surface area contributed by atoms with E-state index in [-0.39, 0.29) is 30.7 Å². The molecular weight excluding hydrogens is 166 g/mol. The van der Waals surface area contributed by atoms with Crippen LogP contribution >= 0.6 is 12.4 Å². The molecule has 1 aliphatic carbocycles. The van der Waals surface area contributed by atoms with Crippen LogP contribution in [-0.4, -0.2) is 36.5 Å². The van der Waals surface area contributed by atoms with E-state index in [1.165, 1.54) is 0 Å². The Morgan fingerprint density at radius 2 is 2.27 bits per heavy atom. The van der Waals surface area contributed by atoms with Gasteiger partial charge in [-0.1, -0.05) is 0 Å². The fourth-order valence-electron chi connectivity index (χ4n) is 1.43. The molecule has 2 fully saturated rings. The van der Waals surface area contributed by atoms with Gasteiger partial charge in [0.1, 0.15) is 0 Å². The van der Waals surface area contributed by atoms with Gasteiger partial charge < -0.3 is 15.2 Å². The Hall–Kier alpha value is 0.170. The molecule has 11 heavy (non-hydrogen) atoms. The quantitative estimate of drug-likeness (QED) is 0.592. The molecule has 66 valence electrons. The summed E-state index contributed by atoms with van der Waals surface area (Å²) in [6.45, 7) is 1.93. The second-order valence-corrected chi connectivity index (χ2v) is 3.24. The van der Waals surface area contributed by atoms with Crippen LogP contribution in [0.15, 0.2) is 0 Å². The second kappa shape index (κ2) is 3.27. The number of aliphatic hydroxyl groups is 1. The van der Waals surface area contributed by atoms with E-state index in [1.807, 2.05) is 0 Å². The largest absolute Gasteiger partial charge is 0.394 e. The van der Waals surface area contributed by atoms with Crippen LogP contribution in [0.5, 0.6) is 0 Å². The number of aliphatic hydroxyl groups excluding tert-OH is 1. The van der Waals surface area contributed by atoms with E-state index < -0.39 is 0 Å². The number of morpholine rings is 1. The molecule has 3 nitrogen and oxygen atoms in total. The third-order valence-electron chi connectivity index (χ3n) is 2.25. The van der Waals surface area contributed by atoms with Crippen LogP contribution in [0, 0.1) is 0 Å². The maximum absolute atomic E-state index is 8.79. The lowest BCUT2D eigenvalue weighted by atomic mass is 10.2. The van der Waals surface area contributed by atoms with Gasteiger partial charge in [0.05, 0.1) is 18.3 Å². The molecule has 0 aromatic carbocycles. The summed E-state index contributed by atoms with van der Waals surface area (Å²) in [5.41, 5.74) is 0.131. The molecule has 0 amide bonds. The molecule has 1 atom stereocenters. The first kappa shape index (κ1) is 9.26. The molecule has 2 aliphatic rings. The van der Waals surface area contributed by atoms with Crippen molar-refractivity contribution >= 4 is 12.4 Å². The van der Waals surface area contributed by atoms with Crippen LogP contribution in [0.2, 0.25) is 0 Å². The fourth-order valence-corrected chi connectivity index (χ4v) is 1.43. The van der Waals surface area contributed by atoms with Crippen molar-refractivity contribution < 1.29 is 9.84 Å². The molecular formula is C7H14ClNO2. The summed E-state index contributed by atoms with van der Waals surface area (Å²) in [7, 11) is 0. The zero-order chi connectivity index (χ0) is 7.03. The van der Waals surface area contributed by atoms with Crippen LogP contribution in [-0.2, 0) is 4.74 Å². The molecule has 4 heteroatoms. The summed E-state index contributed by atoms with van der Waals surface area (Å²) >= 11 is 0. The van der Waals surface area contributed by atoms with Crippen LogP contribution in [0.25, 0.3) is 0 Å². The second-order valence-electron chi connectivity index (χ2n) is 3.24. The van der Waals surface area contributed by atoms with E-state index in [0.717, 1.165) is 25.9 Å². The first-order valence-corrected chi connectivity index (χ1v) is 3.84. The molecule has 1 spiro atoms. The molecule has 0 radical (unpaired) electrons. The predicted molar refractivity (Wildman–Crippen MR) is 44.0 cm³/mol. The van der Waals surface area contributed by atoms with Crippen molar-refractivity contribution in [3.63, 3.8) is 0 Å². The summed E-state index contributed by atoms with van der Waals surface area (Å²) in [5, 5.41) is 12.0. The highest BCUT2D eigenvalue weighted by Crippen LogP contribution is 2.41. The smallest absolute Gasteiger partial charge is 0.0937 e. The maximum Gasteiger partial charge on any atom is 0.0937 e. The number of hydrogen-bond donors (Lipinski definition) is 2. The number of ether oxygens (including phenoxy) is 1. The van der Waals surface area contributed by atoms with Crippen molar-refractivity contribution in [1.82, 2.24) is 5.32 Å². The molecule has 0 bridgehead atoms. The van der Waals surface area contributed by atoms with E-state index in [1.54, 1.807) is 0 Å². The zero-order valence-electron chi connectivity index (χ0n) is 6.38. The fraction of sp³-hybridized carbons (Fsp3) is 1.00. The lowest BCUT2D eigenvalue weighted by Gasteiger charge is -2.29. The van der Waals surface area contributed by atoms with Gasteiger partial charge in [0.25, 0.3) is 0 Å². The SMILES string of the molecule is Cl.OCC1CNCC2(CC2)O1. The van der Waals surface area contributed by atoms with Crippen molar-refractivity contribution in [2.45, 2.75) is 24.5 Å². The van der Waals surface area contributed by atoms with E-state index in [4.69, 9.17) is 9.84 Å². The minimum absolute atomic E-state index is 0. The number of nitrogens with one attached hydrogen (secondary N) is 1. The lowest BCUT2D eigenvalue weighted by molar-refractivity contribution is -0.0755. The average Bonchev–Trinajstić information content (AvgIpc) is 2.70. The highest BCUT2D eigenvalue weighted by atomic mass is 35.5. The van der Waals surface area contributed by atoms with Crippen molar-refractivity contribution in [1.29, 1.82) is 0 Å². The summed E-state index contributed by atoms with van der Waals surface area (Å²) in [4.78, 5) is 0. The Morgan fingerprint density at radius 1 is 1.55 bits per heavy atom. The number of rotatable bonds is 1. The Morgan fingerprint density at radius 3 is 2.82 bits per heavy atom. The molecule has 1 unspecified atom stereocenters. The van der Waals surface area contributed by atoms with Gasteiger partial charge in [-0.05, 0) is 12.8 Å². The van der Waals surface area contributed by atoms with Gasteiger partial charge in [0, 0.05) is 13.1 Å². The van der Waals surface area contributed by atoms with Gasteiger partial charge in [-0.3, -0.25) is 0 Å². The summed E-state index contributed by atoms with van der Waals surface area (Å²) in [5.74, 6) is 0. The number of halogens is 1. The first-order valence-electron chi connectivity index (χ1n) is 3.84. The van der Waals surface area contributed by atoms with E-state index in [0.29, 0.717) is 0 Å². The molecule has 0 aromatic rings.